The zero-order chi connectivity index (χ0) is 23.4. The normalized spacial score (nSPS) is 24.7. The monoisotopic (exact) mass is 458 g/mol. The van der Waals surface area contributed by atoms with Gasteiger partial charge < -0.3 is 14.6 Å². The Balaban J connectivity index is 1.39. The third-order valence-corrected chi connectivity index (χ3v) is 7.92. The van der Waals surface area contributed by atoms with E-state index in [0.29, 0.717) is 19.0 Å². The highest BCUT2D eigenvalue weighted by atomic mass is 16.5. The van der Waals surface area contributed by atoms with Gasteiger partial charge in [0.1, 0.15) is 17.8 Å². The quantitative estimate of drug-likeness (QED) is 0.588. The van der Waals surface area contributed by atoms with Gasteiger partial charge in [0.05, 0.1) is 7.11 Å². The SMILES string of the molecule is COc1ccc(C2c3[nH]c4ccccc4c3CC3C(=O)N(CCC4CCCN4C)C(=O)N32)cc1. The maximum absolute atomic E-state index is 13.7. The van der Waals surface area contributed by atoms with E-state index in [0.717, 1.165) is 52.9 Å². The summed E-state index contributed by atoms with van der Waals surface area (Å²) in [4.78, 5) is 36.6. The number of likely N-dealkylation sites (tertiary alicyclic amines) is 1. The lowest BCUT2D eigenvalue weighted by molar-refractivity contribution is -0.128. The van der Waals surface area contributed by atoms with E-state index in [2.05, 4.69) is 29.1 Å². The van der Waals surface area contributed by atoms with Crippen LogP contribution in [0.1, 0.15) is 42.1 Å². The first kappa shape index (κ1) is 21.2. The Labute approximate surface area is 199 Å². The molecule has 2 fully saturated rings. The number of rotatable bonds is 5. The molecule has 7 heteroatoms. The molecule has 0 aliphatic carbocycles. The van der Waals surface area contributed by atoms with Crippen molar-refractivity contribution in [2.24, 2.45) is 0 Å². The van der Waals surface area contributed by atoms with Crippen molar-refractivity contribution < 1.29 is 14.3 Å². The molecule has 0 radical (unpaired) electrons. The van der Waals surface area contributed by atoms with Crippen LogP contribution >= 0.6 is 0 Å². The molecule has 0 bridgehead atoms. The van der Waals surface area contributed by atoms with Crippen molar-refractivity contribution in [3.05, 3.63) is 65.4 Å². The third kappa shape index (κ3) is 3.21. The first-order valence-electron chi connectivity index (χ1n) is 12.1. The van der Waals surface area contributed by atoms with Gasteiger partial charge in [-0.15, -0.1) is 0 Å². The molecule has 0 saturated carbocycles. The van der Waals surface area contributed by atoms with E-state index in [1.54, 1.807) is 12.0 Å². The molecule has 7 nitrogen and oxygen atoms in total. The van der Waals surface area contributed by atoms with E-state index in [1.807, 2.05) is 36.4 Å². The second kappa shape index (κ2) is 8.17. The average Bonchev–Trinajstić information content (AvgIpc) is 3.51. The fourth-order valence-corrected chi connectivity index (χ4v) is 6.09. The molecular weight excluding hydrogens is 428 g/mol. The van der Waals surface area contributed by atoms with Crippen molar-refractivity contribution in [3.8, 4) is 5.75 Å². The summed E-state index contributed by atoms with van der Waals surface area (Å²) in [7, 11) is 3.77. The topological polar surface area (TPSA) is 68.9 Å². The number of urea groups is 1. The number of hydrogen-bond acceptors (Lipinski definition) is 4. The number of nitrogens with zero attached hydrogens (tertiary/aromatic N) is 3. The van der Waals surface area contributed by atoms with Crippen LogP contribution in [-0.2, 0) is 11.2 Å². The highest BCUT2D eigenvalue weighted by Crippen LogP contribution is 2.44. The minimum atomic E-state index is -0.479. The van der Waals surface area contributed by atoms with Gasteiger partial charge in [0, 0.05) is 35.6 Å². The Morgan fingerprint density at radius 1 is 1.09 bits per heavy atom. The molecular formula is C27H30N4O3. The van der Waals surface area contributed by atoms with Crippen LogP contribution in [0.3, 0.4) is 0 Å². The predicted molar refractivity (Wildman–Crippen MR) is 130 cm³/mol. The number of carbonyl (C=O) groups is 2. The third-order valence-electron chi connectivity index (χ3n) is 7.92. The molecule has 3 aliphatic heterocycles. The van der Waals surface area contributed by atoms with Gasteiger partial charge in [-0.2, -0.15) is 0 Å². The summed E-state index contributed by atoms with van der Waals surface area (Å²) < 4.78 is 5.35. The Morgan fingerprint density at radius 3 is 2.62 bits per heavy atom. The number of nitrogens with one attached hydrogen (secondary N) is 1. The predicted octanol–water partition coefficient (Wildman–Crippen LogP) is 3.94. The lowest BCUT2D eigenvalue weighted by atomic mass is 9.89. The molecule has 2 saturated heterocycles. The fourth-order valence-electron chi connectivity index (χ4n) is 6.09. The van der Waals surface area contributed by atoms with E-state index < -0.39 is 6.04 Å². The van der Waals surface area contributed by atoms with E-state index in [4.69, 9.17) is 4.74 Å². The van der Waals surface area contributed by atoms with Crippen LogP contribution in [0.2, 0.25) is 0 Å². The minimum absolute atomic E-state index is 0.0694. The largest absolute Gasteiger partial charge is 0.497 e. The Hall–Kier alpha value is -3.32. The summed E-state index contributed by atoms with van der Waals surface area (Å²) in [5.41, 5.74) is 4.14. The van der Waals surface area contributed by atoms with E-state index in [-0.39, 0.29) is 18.0 Å². The van der Waals surface area contributed by atoms with Crippen LogP contribution in [0, 0.1) is 0 Å². The lowest BCUT2D eigenvalue weighted by Crippen LogP contribution is -2.44. The van der Waals surface area contributed by atoms with Crippen molar-refractivity contribution in [1.82, 2.24) is 19.7 Å². The number of carbonyl (C=O) groups excluding carboxylic acids is 2. The molecule has 1 aromatic heterocycles. The number of H-pyrrole nitrogens is 1. The highest BCUT2D eigenvalue weighted by Gasteiger charge is 2.52. The smallest absolute Gasteiger partial charge is 0.328 e. The van der Waals surface area contributed by atoms with Gasteiger partial charge in [-0.1, -0.05) is 30.3 Å². The first-order valence-corrected chi connectivity index (χ1v) is 12.1. The number of aromatic amines is 1. The van der Waals surface area contributed by atoms with Crippen LogP contribution in [0.5, 0.6) is 5.75 Å². The van der Waals surface area contributed by atoms with E-state index in [1.165, 1.54) is 11.3 Å². The number of imide groups is 1. The van der Waals surface area contributed by atoms with E-state index in [9.17, 15) is 9.59 Å². The standard InChI is InChI=1S/C27H30N4O3/c1-29-14-5-6-18(29)13-15-30-26(32)23-16-21-20-7-3-4-8-22(20)28-24(21)25(31(23)27(30)33)17-9-11-19(34-2)12-10-17/h3-4,7-12,18,23,25,28H,5-6,13-16H2,1-2H3. The summed E-state index contributed by atoms with van der Waals surface area (Å²) in [6.45, 7) is 1.56. The number of benzene rings is 2. The van der Waals surface area contributed by atoms with Gasteiger partial charge in [0.25, 0.3) is 5.91 Å². The number of fused-ring (bicyclic) bond motifs is 4. The van der Waals surface area contributed by atoms with Crippen molar-refractivity contribution in [2.45, 2.75) is 43.8 Å². The zero-order valence-corrected chi connectivity index (χ0v) is 19.7. The Morgan fingerprint density at radius 2 is 1.88 bits per heavy atom. The van der Waals surface area contributed by atoms with Crippen molar-refractivity contribution in [1.29, 1.82) is 0 Å². The summed E-state index contributed by atoms with van der Waals surface area (Å²) in [5.74, 6) is 0.694. The first-order chi connectivity index (χ1) is 16.6. The van der Waals surface area contributed by atoms with Gasteiger partial charge in [0.2, 0.25) is 0 Å². The maximum Gasteiger partial charge on any atom is 0.328 e. The van der Waals surface area contributed by atoms with Gasteiger partial charge in [-0.25, -0.2) is 4.79 Å². The van der Waals surface area contributed by atoms with Crippen LogP contribution in [-0.4, -0.2) is 71.0 Å². The van der Waals surface area contributed by atoms with Crippen molar-refractivity contribution in [2.75, 3.05) is 27.2 Å². The zero-order valence-electron chi connectivity index (χ0n) is 19.7. The molecule has 34 heavy (non-hydrogen) atoms. The molecule has 176 valence electrons. The molecule has 6 rings (SSSR count). The lowest BCUT2D eigenvalue weighted by Gasteiger charge is -2.36. The number of methoxy groups -OCH3 is 1. The molecule has 2 aromatic carbocycles. The van der Waals surface area contributed by atoms with Gasteiger partial charge in [-0.3, -0.25) is 14.6 Å². The molecule has 3 unspecified atom stereocenters. The number of ether oxygens (including phenoxy) is 1. The molecule has 0 spiro atoms. The molecule has 3 aromatic rings. The van der Waals surface area contributed by atoms with Crippen LogP contribution < -0.4 is 4.74 Å². The molecule has 4 heterocycles. The molecule has 1 N–H and O–H groups in total. The number of amides is 3. The van der Waals surface area contributed by atoms with Crippen molar-refractivity contribution in [3.63, 3.8) is 0 Å². The van der Waals surface area contributed by atoms with Crippen LogP contribution in [0.15, 0.2) is 48.5 Å². The average molecular weight is 459 g/mol. The molecule has 3 atom stereocenters. The molecule has 3 amide bonds. The van der Waals surface area contributed by atoms with E-state index >= 15 is 0 Å². The number of aromatic nitrogens is 1. The summed E-state index contributed by atoms with van der Waals surface area (Å²) in [5, 5.41) is 1.13. The molecule has 3 aliphatic rings. The summed E-state index contributed by atoms with van der Waals surface area (Å²) in [6, 6.07) is 15.4. The van der Waals surface area contributed by atoms with Gasteiger partial charge >= 0.3 is 6.03 Å². The minimum Gasteiger partial charge on any atom is -0.497 e. The maximum atomic E-state index is 13.7. The Bertz CT molecular complexity index is 1250. The summed E-state index contributed by atoms with van der Waals surface area (Å²) >= 11 is 0. The number of hydrogen-bond donors (Lipinski definition) is 1. The summed E-state index contributed by atoms with van der Waals surface area (Å²) in [6.07, 6.45) is 3.68. The Kier molecular flexibility index (Phi) is 5.10. The second-order valence-corrected chi connectivity index (χ2v) is 9.70. The highest BCUT2D eigenvalue weighted by molar-refractivity contribution is 6.05. The van der Waals surface area contributed by atoms with Gasteiger partial charge in [-0.05, 0) is 62.2 Å². The van der Waals surface area contributed by atoms with Crippen LogP contribution in [0.4, 0.5) is 4.79 Å². The van der Waals surface area contributed by atoms with Crippen molar-refractivity contribution >= 4 is 22.8 Å². The fraction of sp³-hybridized carbons (Fsp3) is 0.407. The number of para-hydroxylation sites is 1. The van der Waals surface area contributed by atoms with Crippen LogP contribution in [0.25, 0.3) is 10.9 Å². The second-order valence-electron chi connectivity index (χ2n) is 9.70. The van der Waals surface area contributed by atoms with Gasteiger partial charge in [0.15, 0.2) is 0 Å².